The van der Waals surface area contributed by atoms with Crippen LogP contribution < -0.4 is 0 Å². The lowest BCUT2D eigenvalue weighted by atomic mass is 9.44. The van der Waals surface area contributed by atoms with E-state index in [-0.39, 0.29) is 17.0 Å². The van der Waals surface area contributed by atoms with Gasteiger partial charge in [0.1, 0.15) is 5.60 Å². The van der Waals surface area contributed by atoms with Crippen LogP contribution in [0.3, 0.4) is 0 Å². The Morgan fingerprint density at radius 1 is 1.17 bits per heavy atom. The monoisotopic (exact) mass is 404 g/mol. The first-order valence-electron chi connectivity index (χ1n) is 11.2. The maximum absolute atomic E-state index is 12.9. The standard InChI is InChI=1S/C24H36O5/c1-14-12-17-18(21(3)9-6-16(26)13-20(14)21)7-10-22(4)19(17)8-11-24(22,15(2)25)29-23(5,27)28/h13-14,17-19,27-28H,6-12H2,1-5H3/t14-,17+,18-,19-,21+,22-,24-/m0/s1. The van der Waals surface area contributed by atoms with Crippen molar-refractivity contribution in [3.05, 3.63) is 11.6 Å². The molecule has 162 valence electrons. The van der Waals surface area contributed by atoms with Crippen LogP contribution in [0.4, 0.5) is 0 Å². The molecule has 0 aromatic rings. The number of ether oxygens (including phenoxy) is 1. The van der Waals surface area contributed by atoms with Gasteiger partial charge in [0.05, 0.1) is 0 Å². The minimum Gasteiger partial charge on any atom is -0.344 e. The fourth-order valence-electron chi connectivity index (χ4n) is 8.13. The van der Waals surface area contributed by atoms with Gasteiger partial charge in [0.2, 0.25) is 0 Å². The fourth-order valence-corrected chi connectivity index (χ4v) is 8.13. The highest BCUT2D eigenvalue weighted by Crippen LogP contribution is 2.69. The Labute approximate surface area is 173 Å². The zero-order valence-corrected chi connectivity index (χ0v) is 18.5. The van der Waals surface area contributed by atoms with E-state index in [0.29, 0.717) is 36.5 Å². The molecule has 5 nitrogen and oxygen atoms in total. The second kappa shape index (κ2) is 6.48. The number of hydrogen-bond acceptors (Lipinski definition) is 5. The summed E-state index contributed by atoms with van der Waals surface area (Å²) in [7, 11) is 0. The molecule has 0 saturated heterocycles. The predicted octanol–water partition coefficient (Wildman–Crippen LogP) is 3.77. The van der Waals surface area contributed by atoms with E-state index in [2.05, 4.69) is 20.8 Å². The molecule has 0 aromatic heterocycles. The average Bonchev–Trinajstić information content (AvgIpc) is 2.89. The minimum absolute atomic E-state index is 0.0579. The van der Waals surface area contributed by atoms with Crippen molar-refractivity contribution in [3.63, 3.8) is 0 Å². The second-order valence-corrected chi connectivity index (χ2v) is 10.9. The molecule has 7 atom stereocenters. The van der Waals surface area contributed by atoms with E-state index < -0.39 is 17.0 Å². The lowest BCUT2D eigenvalue weighted by molar-refractivity contribution is -0.373. The van der Waals surface area contributed by atoms with Gasteiger partial charge >= 0.3 is 0 Å². The molecular formula is C24H36O5. The first kappa shape index (κ1) is 21.2. The Bertz CT molecular complexity index is 764. The molecule has 3 fully saturated rings. The van der Waals surface area contributed by atoms with E-state index in [1.54, 1.807) is 0 Å². The highest BCUT2D eigenvalue weighted by Gasteiger charge is 2.68. The summed E-state index contributed by atoms with van der Waals surface area (Å²) in [6.07, 6.45) is 7.74. The summed E-state index contributed by atoms with van der Waals surface area (Å²) < 4.78 is 5.78. The molecule has 0 aromatic carbocycles. The molecule has 0 unspecified atom stereocenters. The predicted molar refractivity (Wildman–Crippen MR) is 109 cm³/mol. The Morgan fingerprint density at radius 2 is 1.83 bits per heavy atom. The van der Waals surface area contributed by atoms with Crippen LogP contribution in [0.15, 0.2) is 11.6 Å². The van der Waals surface area contributed by atoms with Gasteiger partial charge in [0.25, 0.3) is 5.97 Å². The molecule has 4 aliphatic rings. The lowest BCUT2D eigenvalue weighted by Crippen LogP contribution is -2.61. The highest BCUT2D eigenvalue weighted by molar-refractivity contribution is 5.91. The average molecular weight is 405 g/mol. The molecule has 0 heterocycles. The van der Waals surface area contributed by atoms with Crippen molar-refractivity contribution in [2.24, 2.45) is 34.5 Å². The van der Waals surface area contributed by atoms with Crippen LogP contribution in [0, 0.1) is 34.5 Å². The van der Waals surface area contributed by atoms with Crippen molar-refractivity contribution in [1.82, 2.24) is 0 Å². The molecule has 0 aliphatic heterocycles. The third-order valence-electron chi connectivity index (χ3n) is 9.33. The van der Waals surface area contributed by atoms with Crippen molar-refractivity contribution in [3.8, 4) is 0 Å². The molecule has 0 radical (unpaired) electrons. The number of carbonyl (C=O) groups is 2. The molecule has 3 saturated carbocycles. The number of rotatable bonds is 3. The van der Waals surface area contributed by atoms with Gasteiger partial charge in [0, 0.05) is 18.8 Å². The van der Waals surface area contributed by atoms with Crippen molar-refractivity contribution in [2.45, 2.75) is 91.1 Å². The van der Waals surface area contributed by atoms with Gasteiger partial charge < -0.3 is 14.9 Å². The molecule has 2 N–H and O–H groups in total. The van der Waals surface area contributed by atoms with E-state index >= 15 is 0 Å². The summed E-state index contributed by atoms with van der Waals surface area (Å²) in [4.78, 5) is 25.0. The molecular weight excluding hydrogens is 368 g/mol. The Balaban J connectivity index is 1.73. The summed E-state index contributed by atoms with van der Waals surface area (Å²) in [5, 5.41) is 20.1. The van der Waals surface area contributed by atoms with E-state index in [1.807, 2.05) is 6.08 Å². The maximum atomic E-state index is 12.9. The van der Waals surface area contributed by atoms with Gasteiger partial charge in [-0.05, 0) is 80.6 Å². The lowest BCUT2D eigenvalue weighted by Gasteiger charge is -2.60. The topological polar surface area (TPSA) is 83.8 Å². The Hall–Kier alpha value is -1.04. The summed E-state index contributed by atoms with van der Waals surface area (Å²) in [6.45, 7) is 9.46. The molecule has 5 heteroatoms. The van der Waals surface area contributed by atoms with E-state index in [9.17, 15) is 19.8 Å². The quantitative estimate of drug-likeness (QED) is 0.700. The molecule has 0 bridgehead atoms. The number of Topliss-reactive ketones (excluding diaryl/α,β-unsaturated/α-hetero) is 1. The van der Waals surface area contributed by atoms with Crippen LogP contribution in [0.1, 0.15) is 79.6 Å². The van der Waals surface area contributed by atoms with Crippen LogP contribution >= 0.6 is 0 Å². The summed E-state index contributed by atoms with van der Waals surface area (Å²) in [5.74, 6) is -0.520. The van der Waals surface area contributed by atoms with Gasteiger partial charge in [-0.15, -0.1) is 0 Å². The first-order chi connectivity index (χ1) is 13.3. The minimum atomic E-state index is -2.33. The van der Waals surface area contributed by atoms with Crippen molar-refractivity contribution < 1.29 is 24.5 Å². The summed E-state index contributed by atoms with van der Waals surface area (Å²) in [6, 6.07) is 0. The van der Waals surface area contributed by atoms with Gasteiger partial charge in [0.15, 0.2) is 11.6 Å². The first-order valence-corrected chi connectivity index (χ1v) is 11.2. The molecule has 29 heavy (non-hydrogen) atoms. The molecule has 4 aliphatic carbocycles. The number of allylic oxidation sites excluding steroid dienone is 1. The van der Waals surface area contributed by atoms with Gasteiger partial charge in [-0.3, -0.25) is 9.59 Å². The molecule has 4 rings (SSSR count). The van der Waals surface area contributed by atoms with E-state index in [4.69, 9.17) is 4.74 Å². The Morgan fingerprint density at radius 3 is 2.45 bits per heavy atom. The van der Waals surface area contributed by atoms with Crippen molar-refractivity contribution in [1.29, 1.82) is 0 Å². The largest absolute Gasteiger partial charge is 0.344 e. The number of hydrogen-bond donors (Lipinski definition) is 2. The molecule has 0 spiro atoms. The highest BCUT2D eigenvalue weighted by atomic mass is 16.8. The van der Waals surface area contributed by atoms with E-state index in [1.165, 1.54) is 19.4 Å². The normalized spacial score (nSPS) is 47.1. The summed E-state index contributed by atoms with van der Waals surface area (Å²) in [5.41, 5.74) is -0.162. The van der Waals surface area contributed by atoms with E-state index in [0.717, 1.165) is 32.1 Å². The van der Waals surface area contributed by atoms with Gasteiger partial charge in [-0.25, -0.2) is 0 Å². The van der Waals surface area contributed by atoms with Crippen LogP contribution in [-0.2, 0) is 14.3 Å². The number of fused-ring (bicyclic) bond motifs is 5. The van der Waals surface area contributed by atoms with Crippen molar-refractivity contribution >= 4 is 11.6 Å². The number of aliphatic hydroxyl groups is 2. The van der Waals surface area contributed by atoms with Crippen LogP contribution in [0.5, 0.6) is 0 Å². The van der Waals surface area contributed by atoms with Crippen LogP contribution in [-0.4, -0.2) is 33.4 Å². The van der Waals surface area contributed by atoms with Gasteiger partial charge in [-0.1, -0.05) is 26.3 Å². The number of carbonyl (C=O) groups excluding carboxylic acids is 2. The Kier molecular flexibility index (Phi) is 4.74. The van der Waals surface area contributed by atoms with Crippen LogP contribution in [0.2, 0.25) is 0 Å². The zero-order valence-electron chi connectivity index (χ0n) is 18.5. The number of ketones is 2. The van der Waals surface area contributed by atoms with Gasteiger partial charge in [-0.2, -0.15) is 0 Å². The third kappa shape index (κ3) is 2.91. The zero-order chi connectivity index (χ0) is 21.4. The fraction of sp³-hybridized carbons (Fsp3) is 0.833. The third-order valence-corrected chi connectivity index (χ3v) is 9.33. The smallest absolute Gasteiger partial charge is 0.275 e. The summed E-state index contributed by atoms with van der Waals surface area (Å²) >= 11 is 0. The second-order valence-electron chi connectivity index (χ2n) is 10.9. The van der Waals surface area contributed by atoms with Crippen LogP contribution in [0.25, 0.3) is 0 Å². The van der Waals surface area contributed by atoms with Crippen molar-refractivity contribution in [2.75, 3.05) is 0 Å². The SMILES string of the molecule is CC(=O)[C@@]1(OC(C)(O)O)CC[C@H]2[C@@H]3C[C@H](C)C4=CC(=O)CC[C@]4(C)[C@H]3CC[C@@]21C. The molecule has 0 amide bonds. The maximum Gasteiger partial charge on any atom is 0.275 e.